The summed E-state index contributed by atoms with van der Waals surface area (Å²) in [6.45, 7) is 6.10. The van der Waals surface area contributed by atoms with Gasteiger partial charge in [-0.25, -0.2) is 4.39 Å². The van der Waals surface area contributed by atoms with Crippen LogP contribution in [-0.2, 0) is 0 Å². The molecule has 12 heavy (non-hydrogen) atoms. The second kappa shape index (κ2) is 3.73. The normalized spacial score (nSPS) is 42.5. The summed E-state index contributed by atoms with van der Waals surface area (Å²) in [5, 5.41) is 9.55. The maximum atomic E-state index is 13.3. The maximum Gasteiger partial charge on any atom is 0.129 e. The molecule has 0 aromatic rings. The lowest BCUT2D eigenvalue weighted by atomic mass is 9.91. The van der Waals surface area contributed by atoms with Gasteiger partial charge >= 0.3 is 0 Å². The van der Waals surface area contributed by atoms with Crippen molar-refractivity contribution in [3.63, 3.8) is 0 Å². The number of aliphatic hydroxyl groups excluding tert-OH is 1. The Kier molecular flexibility index (Phi) is 3.10. The molecule has 1 aliphatic carbocycles. The standard InChI is InChI=1S/C10H19FO/c1-4-7-5-8(6(2)3)10(12)9(7)11/h6-10,12H,4-5H2,1-3H3. The van der Waals surface area contributed by atoms with Crippen LogP contribution in [0.2, 0.25) is 0 Å². The molecule has 1 fully saturated rings. The van der Waals surface area contributed by atoms with Gasteiger partial charge in [0.05, 0.1) is 6.10 Å². The molecule has 0 spiro atoms. The van der Waals surface area contributed by atoms with Crippen molar-refractivity contribution in [1.82, 2.24) is 0 Å². The Morgan fingerprint density at radius 3 is 2.33 bits per heavy atom. The van der Waals surface area contributed by atoms with Crippen molar-refractivity contribution < 1.29 is 9.50 Å². The van der Waals surface area contributed by atoms with Gasteiger partial charge in [0.15, 0.2) is 0 Å². The Labute approximate surface area is 74.0 Å². The average molecular weight is 174 g/mol. The summed E-state index contributed by atoms with van der Waals surface area (Å²) in [6, 6.07) is 0. The topological polar surface area (TPSA) is 20.2 Å². The fourth-order valence-electron chi connectivity index (χ4n) is 2.19. The van der Waals surface area contributed by atoms with Gasteiger partial charge in [-0.1, -0.05) is 27.2 Å². The molecule has 0 aromatic heterocycles. The van der Waals surface area contributed by atoms with Crippen LogP contribution in [0.4, 0.5) is 4.39 Å². The van der Waals surface area contributed by atoms with Gasteiger partial charge < -0.3 is 5.11 Å². The van der Waals surface area contributed by atoms with Crippen molar-refractivity contribution in [3.8, 4) is 0 Å². The van der Waals surface area contributed by atoms with Gasteiger partial charge in [0.2, 0.25) is 0 Å². The summed E-state index contributed by atoms with van der Waals surface area (Å²) in [5.74, 6) is 0.659. The van der Waals surface area contributed by atoms with Crippen molar-refractivity contribution in [3.05, 3.63) is 0 Å². The van der Waals surface area contributed by atoms with E-state index < -0.39 is 12.3 Å². The van der Waals surface area contributed by atoms with Crippen LogP contribution in [0.15, 0.2) is 0 Å². The monoisotopic (exact) mass is 174 g/mol. The van der Waals surface area contributed by atoms with E-state index in [2.05, 4.69) is 13.8 Å². The molecule has 0 saturated heterocycles. The van der Waals surface area contributed by atoms with Crippen LogP contribution < -0.4 is 0 Å². The zero-order valence-corrected chi connectivity index (χ0v) is 8.13. The van der Waals surface area contributed by atoms with Gasteiger partial charge in [-0.15, -0.1) is 0 Å². The second-order valence-electron chi connectivity index (χ2n) is 4.25. The number of hydrogen-bond acceptors (Lipinski definition) is 1. The summed E-state index contributed by atoms with van der Waals surface area (Å²) in [7, 11) is 0. The van der Waals surface area contributed by atoms with Crippen LogP contribution in [-0.4, -0.2) is 17.4 Å². The molecule has 0 amide bonds. The van der Waals surface area contributed by atoms with Gasteiger partial charge in [-0.05, 0) is 24.2 Å². The lowest BCUT2D eigenvalue weighted by molar-refractivity contribution is 0.0445. The molecular formula is C10H19FO. The summed E-state index contributed by atoms with van der Waals surface area (Å²) in [5.41, 5.74) is 0. The molecule has 1 nitrogen and oxygen atoms in total. The Balaban J connectivity index is 2.60. The van der Waals surface area contributed by atoms with E-state index in [4.69, 9.17) is 0 Å². The fraction of sp³-hybridized carbons (Fsp3) is 1.00. The summed E-state index contributed by atoms with van der Waals surface area (Å²) in [4.78, 5) is 0. The Morgan fingerprint density at radius 1 is 1.50 bits per heavy atom. The first-order chi connectivity index (χ1) is 5.57. The number of rotatable bonds is 2. The lowest BCUT2D eigenvalue weighted by Crippen LogP contribution is -2.26. The highest BCUT2D eigenvalue weighted by atomic mass is 19.1. The van der Waals surface area contributed by atoms with Crippen molar-refractivity contribution >= 4 is 0 Å². The van der Waals surface area contributed by atoms with Crippen LogP contribution >= 0.6 is 0 Å². The van der Waals surface area contributed by atoms with E-state index in [1.807, 2.05) is 6.92 Å². The van der Waals surface area contributed by atoms with Gasteiger partial charge in [-0.3, -0.25) is 0 Å². The largest absolute Gasteiger partial charge is 0.390 e. The summed E-state index contributed by atoms with van der Waals surface area (Å²) < 4.78 is 13.3. The lowest BCUT2D eigenvalue weighted by Gasteiger charge is -2.18. The number of halogens is 1. The van der Waals surface area contributed by atoms with Gasteiger partial charge in [0.25, 0.3) is 0 Å². The van der Waals surface area contributed by atoms with E-state index in [9.17, 15) is 9.50 Å². The molecule has 4 unspecified atom stereocenters. The predicted molar refractivity (Wildman–Crippen MR) is 47.6 cm³/mol. The minimum absolute atomic E-state index is 0.0902. The quantitative estimate of drug-likeness (QED) is 0.681. The third-order valence-electron chi connectivity index (χ3n) is 3.17. The number of alkyl halides is 1. The fourth-order valence-corrected chi connectivity index (χ4v) is 2.19. The first-order valence-corrected chi connectivity index (χ1v) is 4.90. The molecule has 1 aliphatic rings. The minimum Gasteiger partial charge on any atom is -0.390 e. The average Bonchev–Trinajstić information content (AvgIpc) is 2.30. The zero-order valence-electron chi connectivity index (χ0n) is 8.13. The minimum atomic E-state index is -0.984. The number of hydrogen-bond donors (Lipinski definition) is 1. The number of aliphatic hydroxyl groups is 1. The van der Waals surface area contributed by atoms with E-state index in [1.54, 1.807) is 0 Å². The van der Waals surface area contributed by atoms with Crippen molar-refractivity contribution in [1.29, 1.82) is 0 Å². The van der Waals surface area contributed by atoms with Gasteiger partial charge in [-0.2, -0.15) is 0 Å². The molecule has 0 aliphatic heterocycles. The molecular weight excluding hydrogens is 155 g/mol. The van der Waals surface area contributed by atoms with Crippen LogP contribution in [0.5, 0.6) is 0 Å². The molecule has 2 heteroatoms. The van der Waals surface area contributed by atoms with Crippen molar-refractivity contribution in [2.75, 3.05) is 0 Å². The van der Waals surface area contributed by atoms with E-state index in [0.29, 0.717) is 5.92 Å². The van der Waals surface area contributed by atoms with E-state index in [1.165, 1.54) is 0 Å². The third kappa shape index (κ3) is 1.63. The summed E-state index contributed by atoms with van der Waals surface area (Å²) >= 11 is 0. The molecule has 0 aromatic carbocycles. The van der Waals surface area contributed by atoms with Crippen LogP contribution in [0.1, 0.15) is 33.6 Å². The molecule has 72 valence electrons. The Morgan fingerprint density at radius 2 is 2.08 bits per heavy atom. The first kappa shape index (κ1) is 9.97. The Bertz CT molecular complexity index is 147. The highest BCUT2D eigenvalue weighted by Crippen LogP contribution is 2.39. The second-order valence-corrected chi connectivity index (χ2v) is 4.25. The maximum absolute atomic E-state index is 13.3. The van der Waals surface area contributed by atoms with Gasteiger partial charge in [0, 0.05) is 0 Å². The van der Waals surface area contributed by atoms with Crippen LogP contribution in [0, 0.1) is 17.8 Å². The van der Waals surface area contributed by atoms with E-state index in [-0.39, 0.29) is 11.8 Å². The van der Waals surface area contributed by atoms with Crippen LogP contribution in [0.3, 0.4) is 0 Å². The molecule has 0 heterocycles. The zero-order chi connectivity index (χ0) is 9.30. The highest BCUT2D eigenvalue weighted by Gasteiger charge is 2.42. The molecule has 0 radical (unpaired) electrons. The van der Waals surface area contributed by atoms with Crippen LogP contribution in [0.25, 0.3) is 0 Å². The third-order valence-corrected chi connectivity index (χ3v) is 3.17. The Hall–Kier alpha value is -0.110. The molecule has 1 rings (SSSR count). The molecule has 0 bridgehead atoms. The molecule has 4 atom stereocenters. The molecule has 1 saturated carbocycles. The van der Waals surface area contributed by atoms with E-state index >= 15 is 0 Å². The van der Waals surface area contributed by atoms with Gasteiger partial charge in [0.1, 0.15) is 6.17 Å². The predicted octanol–water partition coefficient (Wildman–Crippen LogP) is 2.39. The summed E-state index contributed by atoms with van der Waals surface area (Å²) in [6.07, 6.45) is 0.00940. The SMILES string of the molecule is CCC1CC(C(C)C)C(O)C1F. The highest BCUT2D eigenvalue weighted by molar-refractivity contribution is 4.91. The van der Waals surface area contributed by atoms with Crippen molar-refractivity contribution in [2.24, 2.45) is 17.8 Å². The van der Waals surface area contributed by atoms with E-state index in [0.717, 1.165) is 12.8 Å². The first-order valence-electron chi connectivity index (χ1n) is 4.90. The smallest absolute Gasteiger partial charge is 0.129 e. The van der Waals surface area contributed by atoms with Crippen molar-refractivity contribution in [2.45, 2.75) is 45.9 Å². The molecule has 1 N–H and O–H groups in total.